The number of rotatable bonds is 3. The van der Waals surface area contributed by atoms with Gasteiger partial charge >= 0.3 is 0 Å². The number of amides is 1. The molecule has 2 aliphatic rings. The number of aromatic nitrogens is 3. The number of pyridine rings is 1. The first-order chi connectivity index (χ1) is 13.0. The Labute approximate surface area is 161 Å². The zero-order valence-corrected chi connectivity index (χ0v) is 16.0. The van der Waals surface area contributed by atoms with Crippen LogP contribution >= 0.6 is 11.3 Å². The van der Waals surface area contributed by atoms with Crippen LogP contribution in [0.4, 0.5) is 0 Å². The van der Waals surface area contributed by atoms with Crippen LogP contribution in [0.5, 0.6) is 0 Å². The predicted octanol–water partition coefficient (Wildman–Crippen LogP) is 3.00. The minimum absolute atomic E-state index is 0.0835. The van der Waals surface area contributed by atoms with E-state index >= 15 is 0 Å². The third-order valence-electron chi connectivity index (χ3n) is 6.07. The Morgan fingerprint density at radius 2 is 2.11 bits per heavy atom. The number of thiazole rings is 1. The molecule has 1 N–H and O–H groups in total. The van der Waals surface area contributed by atoms with Crippen molar-refractivity contribution in [1.29, 1.82) is 0 Å². The highest BCUT2D eigenvalue weighted by Crippen LogP contribution is 2.43. The van der Waals surface area contributed by atoms with E-state index in [-0.39, 0.29) is 18.0 Å². The summed E-state index contributed by atoms with van der Waals surface area (Å²) >= 11 is 1.41. The number of piperidine rings is 1. The van der Waals surface area contributed by atoms with Gasteiger partial charge in [-0.2, -0.15) is 0 Å². The second kappa shape index (κ2) is 6.14. The summed E-state index contributed by atoms with van der Waals surface area (Å²) in [6, 6.07) is 4.24. The van der Waals surface area contributed by atoms with Gasteiger partial charge in [0.15, 0.2) is 0 Å². The van der Waals surface area contributed by atoms with Crippen molar-refractivity contribution in [2.24, 2.45) is 0 Å². The molecule has 3 aromatic rings. The average molecular weight is 382 g/mol. The molecule has 5 heterocycles. The fourth-order valence-corrected chi connectivity index (χ4v) is 5.64. The van der Waals surface area contributed by atoms with E-state index in [4.69, 9.17) is 0 Å². The van der Waals surface area contributed by atoms with Gasteiger partial charge in [0.25, 0.3) is 5.91 Å². The topological polar surface area (TPSA) is 71.2 Å². The molecule has 6 nitrogen and oxygen atoms in total. The largest absolute Gasteiger partial charge is 0.388 e. The molecular weight excluding hydrogens is 360 g/mol. The second-order valence-corrected chi connectivity index (χ2v) is 8.73. The first-order valence-electron chi connectivity index (χ1n) is 9.38. The smallest absolute Gasteiger partial charge is 0.266 e. The van der Waals surface area contributed by atoms with Crippen LogP contribution in [0, 0.1) is 6.92 Å². The molecule has 2 atom stereocenters. The third kappa shape index (κ3) is 2.76. The Bertz CT molecular complexity index is 996. The number of carbonyl (C=O) groups excluding carboxylic acids is 1. The molecule has 0 unspecified atom stereocenters. The minimum Gasteiger partial charge on any atom is -0.388 e. The molecule has 0 aliphatic carbocycles. The van der Waals surface area contributed by atoms with Crippen molar-refractivity contribution in [3.05, 3.63) is 46.8 Å². The lowest BCUT2D eigenvalue weighted by Gasteiger charge is -2.44. The Morgan fingerprint density at radius 3 is 2.81 bits per heavy atom. The van der Waals surface area contributed by atoms with Crippen molar-refractivity contribution < 1.29 is 9.90 Å². The molecule has 0 spiro atoms. The fraction of sp³-hybridized carbons (Fsp3) is 0.450. The number of aryl methyl sites for hydroxylation is 1. The Hall–Kier alpha value is -2.25. The van der Waals surface area contributed by atoms with Crippen LogP contribution in [0.1, 0.15) is 41.0 Å². The molecule has 7 heteroatoms. The van der Waals surface area contributed by atoms with E-state index in [9.17, 15) is 9.90 Å². The van der Waals surface area contributed by atoms with Gasteiger partial charge in [0.2, 0.25) is 0 Å². The van der Waals surface area contributed by atoms with Gasteiger partial charge < -0.3 is 14.6 Å². The lowest BCUT2D eigenvalue weighted by Crippen LogP contribution is -2.54. The van der Waals surface area contributed by atoms with E-state index in [1.807, 2.05) is 30.3 Å². The molecule has 2 bridgehead atoms. The molecule has 0 saturated carbocycles. The van der Waals surface area contributed by atoms with Crippen molar-refractivity contribution in [3.63, 3.8) is 0 Å². The first-order valence-corrected chi connectivity index (χ1v) is 10.3. The van der Waals surface area contributed by atoms with Gasteiger partial charge in [0.05, 0.1) is 35.1 Å². The lowest BCUT2D eigenvalue weighted by atomic mass is 9.85. The zero-order valence-electron chi connectivity index (χ0n) is 15.2. The normalized spacial score (nSPS) is 27.4. The first kappa shape index (κ1) is 16.9. The maximum atomic E-state index is 13.0. The highest BCUT2D eigenvalue weighted by Gasteiger charge is 2.49. The molecule has 140 valence electrons. The van der Waals surface area contributed by atoms with Gasteiger partial charge in [-0.25, -0.2) is 4.98 Å². The number of hydrogen-bond donors (Lipinski definition) is 1. The van der Waals surface area contributed by atoms with E-state index in [0.717, 1.165) is 34.3 Å². The third-order valence-corrected chi connectivity index (χ3v) is 6.98. The number of aliphatic hydroxyl groups is 1. The van der Waals surface area contributed by atoms with E-state index in [1.165, 1.54) is 11.3 Å². The van der Waals surface area contributed by atoms with Crippen molar-refractivity contribution in [2.45, 2.75) is 56.8 Å². The quantitative estimate of drug-likeness (QED) is 0.756. The predicted molar refractivity (Wildman–Crippen MR) is 104 cm³/mol. The van der Waals surface area contributed by atoms with Crippen LogP contribution < -0.4 is 0 Å². The van der Waals surface area contributed by atoms with Gasteiger partial charge in [-0.1, -0.05) is 0 Å². The van der Waals surface area contributed by atoms with Crippen molar-refractivity contribution >= 4 is 28.1 Å². The van der Waals surface area contributed by atoms with Crippen LogP contribution in [0.15, 0.2) is 36.2 Å². The molecule has 0 radical (unpaired) electrons. The van der Waals surface area contributed by atoms with Crippen molar-refractivity contribution in [3.8, 4) is 0 Å². The molecule has 3 aromatic heterocycles. The standard InChI is InChI=1S/C20H22N4O2S/c1-13-18(27-12-22-13)19(25)24-15-2-3-16(24)9-20(26,8-15)11-23-7-5-14-4-6-21-10-17(14)23/h4-7,10,12,15-16,26H,2-3,8-9,11H2,1H3/t15-,16-/m1/s1. The molecule has 0 aromatic carbocycles. The summed E-state index contributed by atoms with van der Waals surface area (Å²) in [4.78, 5) is 24.2. The molecule has 2 aliphatic heterocycles. The van der Waals surface area contributed by atoms with Crippen LogP contribution in [-0.2, 0) is 6.54 Å². The number of carbonyl (C=O) groups is 1. The molecule has 2 fully saturated rings. The summed E-state index contributed by atoms with van der Waals surface area (Å²) in [5, 5.41) is 12.5. The number of hydrogen-bond acceptors (Lipinski definition) is 5. The summed E-state index contributed by atoms with van der Waals surface area (Å²) in [7, 11) is 0. The maximum Gasteiger partial charge on any atom is 0.266 e. The highest BCUT2D eigenvalue weighted by molar-refractivity contribution is 7.11. The molecule has 2 saturated heterocycles. The summed E-state index contributed by atoms with van der Waals surface area (Å²) in [5.74, 6) is 0.0835. The molecule has 1 amide bonds. The number of fused-ring (bicyclic) bond motifs is 3. The SMILES string of the molecule is Cc1ncsc1C(=O)N1[C@@H]2CC[C@@H]1CC(O)(Cn1ccc3ccncc31)C2. The fourth-order valence-electron chi connectivity index (χ4n) is 4.89. The Morgan fingerprint density at radius 1 is 1.33 bits per heavy atom. The van der Waals surface area contributed by atoms with Gasteiger partial charge in [0, 0.05) is 29.9 Å². The van der Waals surface area contributed by atoms with Crippen LogP contribution in [0.2, 0.25) is 0 Å². The van der Waals surface area contributed by atoms with Crippen molar-refractivity contribution in [1.82, 2.24) is 19.4 Å². The van der Waals surface area contributed by atoms with Crippen LogP contribution in [0.3, 0.4) is 0 Å². The van der Waals surface area contributed by atoms with E-state index in [0.29, 0.717) is 19.4 Å². The summed E-state index contributed by atoms with van der Waals surface area (Å²) in [6.07, 6.45) is 8.81. The molecular formula is C20H22N4O2S. The van der Waals surface area contributed by atoms with E-state index in [1.54, 1.807) is 11.7 Å². The van der Waals surface area contributed by atoms with Crippen molar-refractivity contribution in [2.75, 3.05) is 0 Å². The Kier molecular flexibility index (Phi) is 3.84. The zero-order chi connectivity index (χ0) is 18.6. The number of nitrogens with zero attached hydrogens (tertiary/aromatic N) is 4. The van der Waals surface area contributed by atoms with Crippen LogP contribution in [-0.4, -0.2) is 48.1 Å². The summed E-state index contributed by atoms with van der Waals surface area (Å²) in [6.45, 7) is 2.42. The average Bonchev–Trinajstić information content (AvgIpc) is 3.32. The highest BCUT2D eigenvalue weighted by atomic mass is 32.1. The lowest BCUT2D eigenvalue weighted by molar-refractivity contribution is -0.0532. The van der Waals surface area contributed by atoms with Gasteiger partial charge in [-0.05, 0) is 44.7 Å². The Balaban J connectivity index is 1.39. The maximum absolute atomic E-state index is 13.0. The summed E-state index contributed by atoms with van der Waals surface area (Å²) < 4.78 is 2.09. The van der Waals surface area contributed by atoms with Gasteiger partial charge in [0.1, 0.15) is 4.88 Å². The molecule has 27 heavy (non-hydrogen) atoms. The van der Waals surface area contributed by atoms with Crippen LogP contribution in [0.25, 0.3) is 10.9 Å². The van der Waals surface area contributed by atoms with Gasteiger partial charge in [-0.3, -0.25) is 9.78 Å². The second-order valence-electron chi connectivity index (χ2n) is 7.88. The van der Waals surface area contributed by atoms with Gasteiger partial charge in [-0.15, -0.1) is 11.3 Å². The van der Waals surface area contributed by atoms with E-state index in [2.05, 4.69) is 20.6 Å². The van der Waals surface area contributed by atoms with E-state index < -0.39 is 5.60 Å². The monoisotopic (exact) mass is 382 g/mol. The minimum atomic E-state index is -0.798. The molecule has 5 rings (SSSR count). The summed E-state index contributed by atoms with van der Waals surface area (Å²) in [5.41, 5.74) is 2.77.